The van der Waals surface area contributed by atoms with E-state index in [1.165, 1.54) is 14.2 Å². The van der Waals surface area contributed by atoms with Gasteiger partial charge in [0.1, 0.15) is 11.5 Å². The van der Waals surface area contributed by atoms with E-state index in [-0.39, 0.29) is 13.0 Å². The lowest BCUT2D eigenvalue weighted by Crippen LogP contribution is -2.23. The van der Waals surface area contributed by atoms with Crippen LogP contribution in [0.1, 0.15) is 37.7 Å². The molecule has 0 bridgehead atoms. The first-order valence-electron chi connectivity index (χ1n) is 7.74. The number of rotatable bonds is 12. The van der Waals surface area contributed by atoms with Crippen LogP contribution in [0.25, 0.3) is 0 Å². The highest BCUT2D eigenvalue weighted by Crippen LogP contribution is 2.23. The molecule has 134 valence electrons. The summed E-state index contributed by atoms with van der Waals surface area (Å²) in [6.45, 7) is 0.125. The molecule has 1 aromatic rings. The Labute approximate surface area is 141 Å². The smallest absolute Gasteiger partial charge is 0.332 e. The van der Waals surface area contributed by atoms with Crippen LogP contribution >= 0.6 is 0 Å². The number of unbranched alkanes of at least 4 members (excludes halogenated alkanes) is 2. The lowest BCUT2D eigenvalue weighted by atomic mass is 10.1. The highest BCUT2D eigenvalue weighted by molar-refractivity contribution is 5.72. The van der Waals surface area contributed by atoms with Crippen molar-refractivity contribution in [2.75, 3.05) is 14.2 Å². The van der Waals surface area contributed by atoms with Gasteiger partial charge in [-0.15, -0.1) is 0 Å². The van der Waals surface area contributed by atoms with Crippen LogP contribution in [0.3, 0.4) is 0 Å². The van der Waals surface area contributed by atoms with Gasteiger partial charge in [0.2, 0.25) is 0 Å². The molecule has 0 saturated heterocycles. The van der Waals surface area contributed by atoms with E-state index in [9.17, 15) is 14.7 Å². The molecule has 7 nitrogen and oxygen atoms in total. The first-order valence-corrected chi connectivity index (χ1v) is 7.74. The van der Waals surface area contributed by atoms with Crippen LogP contribution in [0.4, 0.5) is 0 Å². The van der Waals surface area contributed by atoms with E-state index in [4.69, 9.17) is 19.3 Å². The van der Waals surface area contributed by atoms with Crippen LogP contribution in [-0.4, -0.2) is 42.5 Å². The monoisotopic (exact) mass is 340 g/mol. The second-order valence-electron chi connectivity index (χ2n) is 5.35. The Morgan fingerprint density at radius 2 is 1.62 bits per heavy atom. The summed E-state index contributed by atoms with van der Waals surface area (Å²) in [5.74, 6) is -0.655. The number of ether oxygens (including phenoxy) is 3. The summed E-state index contributed by atoms with van der Waals surface area (Å²) < 4.78 is 15.8. The molecule has 0 aliphatic rings. The van der Waals surface area contributed by atoms with Crippen molar-refractivity contribution in [3.63, 3.8) is 0 Å². The van der Waals surface area contributed by atoms with Crippen molar-refractivity contribution in [1.82, 2.24) is 0 Å². The van der Waals surface area contributed by atoms with Crippen molar-refractivity contribution in [3.8, 4) is 11.5 Å². The van der Waals surface area contributed by atoms with E-state index >= 15 is 0 Å². The average Bonchev–Trinajstić information content (AvgIpc) is 2.56. The van der Waals surface area contributed by atoms with Gasteiger partial charge in [-0.2, -0.15) is 0 Å². The van der Waals surface area contributed by atoms with E-state index in [1.807, 2.05) is 0 Å². The van der Waals surface area contributed by atoms with Crippen LogP contribution in [0.5, 0.6) is 11.5 Å². The largest absolute Gasteiger partial charge is 0.497 e. The van der Waals surface area contributed by atoms with E-state index in [2.05, 4.69) is 0 Å². The predicted octanol–water partition coefficient (Wildman–Crippen LogP) is 2.71. The summed E-state index contributed by atoms with van der Waals surface area (Å²) >= 11 is 0. The van der Waals surface area contributed by atoms with Crippen molar-refractivity contribution >= 4 is 11.9 Å². The van der Waals surface area contributed by atoms with Gasteiger partial charge in [-0.1, -0.05) is 12.8 Å². The fourth-order valence-corrected chi connectivity index (χ4v) is 2.21. The number of methoxy groups -OCH3 is 2. The molecule has 0 spiro atoms. The molecule has 24 heavy (non-hydrogen) atoms. The third-order valence-electron chi connectivity index (χ3n) is 3.49. The van der Waals surface area contributed by atoms with Crippen LogP contribution in [0, 0.1) is 0 Å². The Bertz CT molecular complexity index is 519. The second kappa shape index (κ2) is 10.5. The van der Waals surface area contributed by atoms with Crippen molar-refractivity contribution in [1.29, 1.82) is 0 Å². The summed E-state index contributed by atoms with van der Waals surface area (Å²) in [5, 5.41) is 17.8. The van der Waals surface area contributed by atoms with Gasteiger partial charge < -0.3 is 24.4 Å². The highest BCUT2D eigenvalue weighted by atomic mass is 16.5. The molecule has 1 unspecified atom stereocenters. The van der Waals surface area contributed by atoms with Crippen molar-refractivity contribution in [2.24, 2.45) is 0 Å². The van der Waals surface area contributed by atoms with Crippen molar-refractivity contribution in [3.05, 3.63) is 23.8 Å². The molecule has 0 aliphatic heterocycles. The number of hydrogen-bond acceptors (Lipinski definition) is 5. The van der Waals surface area contributed by atoms with Gasteiger partial charge in [0.25, 0.3) is 0 Å². The third kappa shape index (κ3) is 7.32. The van der Waals surface area contributed by atoms with Crippen LogP contribution < -0.4 is 9.47 Å². The van der Waals surface area contributed by atoms with Gasteiger partial charge >= 0.3 is 11.9 Å². The van der Waals surface area contributed by atoms with E-state index in [1.54, 1.807) is 18.2 Å². The molecule has 0 fully saturated rings. The van der Waals surface area contributed by atoms with E-state index in [0.29, 0.717) is 37.2 Å². The Kier molecular flexibility index (Phi) is 8.64. The molecule has 1 atom stereocenters. The fourth-order valence-electron chi connectivity index (χ4n) is 2.21. The number of aliphatic carboxylic acids is 2. The minimum absolute atomic E-state index is 0.0994. The standard InChI is InChI=1S/C17H24O7/c1-22-13-8-12(9-14(10-13)23-2)11-24-15(17(20)21)6-4-3-5-7-16(18)19/h8-10,15H,3-7,11H2,1-2H3,(H,18,19)(H,20,21). The first kappa shape index (κ1) is 19.8. The van der Waals surface area contributed by atoms with Crippen LogP contribution in [0.15, 0.2) is 18.2 Å². The minimum atomic E-state index is -1.02. The maximum absolute atomic E-state index is 11.3. The SMILES string of the molecule is COc1cc(COC(CCCCCC(=O)O)C(=O)O)cc(OC)c1. The second-order valence-corrected chi connectivity index (χ2v) is 5.35. The summed E-state index contributed by atoms with van der Waals surface area (Å²) in [6.07, 6.45) is 1.32. The maximum atomic E-state index is 11.3. The highest BCUT2D eigenvalue weighted by Gasteiger charge is 2.18. The first-order chi connectivity index (χ1) is 11.5. The van der Waals surface area contributed by atoms with Crippen LogP contribution in [-0.2, 0) is 20.9 Å². The minimum Gasteiger partial charge on any atom is -0.497 e. The van der Waals surface area contributed by atoms with E-state index < -0.39 is 18.0 Å². The van der Waals surface area contributed by atoms with E-state index in [0.717, 1.165) is 5.56 Å². The molecule has 0 heterocycles. The third-order valence-corrected chi connectivity index (χ3v) is 3.49. The number of carbonyl (C=O) groups is 2. The van der Waals surface area contributed by atoms with Gasteiger partial charge in [0.15, 0.2) is 6.10 Å². The Morgan fingerprint density at radius 3 is 2.12 bits per heavy atom. The summed E-state index contributed by atoms with van der Waals surface area (Å²) in [5.41, 5.74) is 0.753. The molecular formula is C17H24O7. The summed E-state index contributed by atoms with van der Waals surface area (Å²) in [6, 6.07) is 5.24. The number of benzene rings is 1. The lowest BCUT2D eigenvalue weighted by molar-refractivity contribution is -0.151. The lowest BCUT2D eigenvalue weighted by Gasteiger charge is -2.14. The quantitative estimate of drug-likeness (QED) is 0.564. The predicted molar refractivity (Wildman–Crippen MR) is 86.5 cm³/mol. The Balaban J connectivity index is 2.51. The maximum Gasteiger partial charge on any atom is 0.332 e. The van der Waals surface area contributed by atoms with Gasteiger partial charge in [0.05, 0.1) is 20.8 Å². The molecule has 0 radical (unpaired) electrons. The Hall–Kier alpha value is -2.28. The normalized spacial score (nSPS) is 11.8. The zero-order chi connectivity index (χ0) is 17.9. The fraction of sp³-hybridized carbons (Fsp3) is 0.529. The molecule has 0 aliphatic carbocycles. The molecule has 7 heteroatoms. The zero-order valence-corrected chi connectivity index (χ0v) is 14.0. The summed E-state index contributed by atoms with van der Waals surface area (Å²) in [4.78, 5) is 21.7. The van der Waals surface area contributed by atoms with Crippen LogP contribution in [0.2, 0.25) is 0 Å². The molecule has 0 saturated carbocycles. The molecule has 1 rings (SSSR count). The van der Waals surface area contributed by atoms with Gasteiger partial charge in [-0.3, -0.25) is 4.79 Å². The van der Waals surface area contributed by atoms with Gasteiger partial charge in [-0.25, -0.2) is 4.79 Å². The van der Waals surface area contributed by atoms with Gasteiger partial charge in [-0.05, 0) is 30.5 Å². The number of carboxylic acids is 2. The number of carboxylic acid groups (broad SMARTS) is 2. The molecule has 0 amide bonds. The van der Waals surface area contributed by atoms with Gasteiger partial charge in [0, 0.05) is 12.5 Å². The Morgan fingerprint density at radius 1 is 1.00 bits per heavy atom. The van der Waals surface area contributed by atoms with Crippen molar-refractivity contribution in [2.45, 2.75) is 44.8 Å². The average molecular weight is 340 g/mol. The molecular weight excluding hydrogens is 316 g/mol. The molecule has 0 aromatic heterocycles. The topological polar surface area (TPSA) is 102 Å². The summed E-state index contributed by atoms with van der Waals surface area (Å²) in [7, 11) is 3.08. The molecule has 1 aromatic carbocycles. The van der Waals surface area contributed by atoms with Crippen molar-refractivity contribution < 1.29 is 34.0 Å². The number of hydrogen-bond donors (Lipinski definition) is 2. The zero-order valence-electron chi connectivity index (χ0n) is 14.0. The molecule has 2 N–H and O–H groups in total.